The van der Waals surface area contributed by atoms with Crippen molar-refractivity contribution in [1.29, 1.82) is 0 Å². The second-order valence-electron chi connectivity index (χ2n) is 12.7. The summed E-state index contributed by atoms with van der Waals surface area (Å²) < 4.78 is 2.48. The Morgan fingerprint density at radius 1 is 0.707 bits per heavy atom. The molecule has 0 spiro atoms. The van der Waals surface area contributed by atoms with Gasteiger partial charge in [-0.05, 0) is 51.0 Å². The predicted octanol–water partition coefficient (Wildman–Crippen LogP) is 6.80. The largest absolute Gasteiger partial charge is 3.00 e. The van der Waals surface area contributed by atoms with Crippen LogP contribution in [0.1, 0.15) is 43.5 Å². The molecule has 3 N–H and O–H groups in total. The van der Waals surface area contributed by atoms with Gasteiger partial charge in [-0.25, -0.2) is 9.36 Å². The summed E-state index contributed by atoms with van der Waals surface area (Å²) in [4.78, 5) is 32.7. The van der Waals surface area contributed by atoms with Crippen LogP contribution in [0.5, 0.6) is 17.4 Å². The molecule has 0 saturated heterocycles. The number of aromatic amines is 1. The van der Waals surface area contributed by atoms with Crippen LogP contribution in [0.25, 0.3) is 11.4 Å². The summed E-state index contributed by atoms with van der Waals surface area (Å²) in [5, 5.41) is 79.5. The molecule has 1 saturated carbocycles. The molecule has 2 aromatic heterocycles. The summed E-state index contributed by atoms with van der Waals surface area (Å²) in [5.41, 5.74) is 6.17. The molecule has 6 aromatic rings. The maximum absolute atomic E-state index is 12.5. The molecule has 0 radical (unpaired) electrons. The van der Waals surface area contributed by atoms with Crippen LogP contribution in [0, 0.1) is 34.1 Å². The van der Waals surface area contributed by atoms with E-state index in [0.717, 1.165) is 36.4 Å². The van der Waals surface area contributed by atoms with Crippen LogP contribution in [-0.4, -0.2) is 35.4 Å². The van der Waals surface area contributed by atoms with Gasteiger partial charge in [0.05, 0.1) is 44.0 Å². The fourth-order valence-electron chi connectivity index (χ4n) is 5.51. The predicted molar refractivity (Wildman–Crippen MR) is 203 cm³/mol. The number of nitrogens with zero attached hydrogens (tertiary/aromatic N) is 9. The number of aryl methyl sites for hydroxylation is 2. The number of rotatable bonds is 8. The molecule has 2 heterocycles. The number of nitrogens with two attached hydrogens (primary N) is 1. The minimum atomic E-state index is -0.643. The fourth-order valence-corrected chi connectivity index (χ4v) is 5.51. The smallest absolute Gasteiger partial charge is 0.871 e. The standard InChI is InChI=1S/2C16H13N5O4.C6H13N.Co/c2*1-10-15(16(23)20(19-10)11-5-3-2-4-6-11)18-17-13-9-12(21(24)25)7-8-14(13)22;7-6-4-2-1-3-5-6;/h2-9,22-23H,1H3;2-9,19,22H,1H3;6H,1-5,7H2;/q;;;+3/p-3. The van der Waals surface area contributed by atoms with Crippen LogP contribution in [0.3, 0.4) is 0 Å². The minimum absolute atomic E-state index is 0. The maximum Gasteiger partial charge on any atom is 3.00 e. The van der Waals surface area contributed by atoms with Gasteiger partial charge in [0.2, 0.25) is 0 Å². The summed E-state index contributed by atoms with van der Waals surface area (Å²) in [6.45, 7) is 3.22. The number of nitro benzene ring substituents is 2. The average molecular weight is 834 g/mol. The van der Waals surface area contributed by atoms with E-state index >= 15 is 0 Å². The van der Waals surface area contributed by atoms with E-state index in [2.05, 4.69) is 30.7 Å². The molecule has 20 heteroatoms. The first kappa shape index (κ1) is 43.7. The van der Waals surface area contributed by atoms with Gasteiger partial charge in [0, 0.05) is 36.2 Å². The van der Waals surface area contributed by atoms with E-state index in [-0.39, 0.29) is 50.9 Å². The molecule has 7 rings (SSSR count). The van der Waals surface area contributed by atoms with Crippen molar-refractivity contribution in [3.63, 3.8) is 0 Å². The molecule has 58 heavy (non-hydrogen) atoms. The number of nitro groups is 2. The zero-order chi connectivity index (χ0) is 41.1. The summed E-state index contributed by atoms with van der Waals surface area (Å²) >= 11 is 0. The van der Waals surface area contributed by atoms with E-state index in [1.165, 1.54) is 41.5 Å². The first-order valence-corrected chi connectivity index (χ1v) is 17.5. The van der Waals surface area contributed by atoms with Crippen LogP contribution >= 0.6 is 0 Å². The van der Waals surface area contributed by atoms with Gasteiger partial charge in [-0.1, -0.05) is 79.3 Å². The van der Waals surface area contributed by atoms with Crippen LogP contribution in [0.2, 0.25) is 0 Å². The fraction of sp³-hybridized carbons (Fsp3) is 0.211. The molecule has 0 amide bonds. The molecule has 0 aliphatic heterocycles. The zero-order valence-corrected chi connectivity index (χ0v) is 32.1. The second kappa shape index (κ2) is 20.2. The van der Waals surface area contributed by atoms with Crippen LogP contribution in [0.4, 0.5) is 34.1 Å². The van der Waals surface area contributed by atoms with Crippen molar-refractivity contribution in [1.82, 2.24) is 19.6 Å². The summed E-state index contributed by atoms with van der Waals surface area (Å²) in [6.07, 6.45) is 6.66. The van der Waals surface area contributed by atoms with Gasteiger partial charge in [-0.3, -0.25) is 30.1 Å². The van der Waals surface area contributed by atoms with Crippen molar-refractivity contribution in [2.24, 2.45) is 26.2 Å². The van der Waals surface area contributed by atoms with Crippen molar-refractivity contribution in [3.05, 3.63) is 139 Å². The van der Waals surface area contributed by atoms with E-state index in [9.17, 15) is 40.3 Å². The number of benzene rings is 4. The van der Waals surface area contributed by atoms with E-state index < -0.39 is 32.8 Å². The molecule has 0 unspecified atom stereocenters. The van der Waals surface area contributed by atoms with Crippen molar-refractivity contribution in [2.75, 3.05) is 0 Å². The number of hydrogen-bond donors (Lipinski definition) is 2. The second-order valence-corrected chi connectivity index (χ2v) is 12.7. The first-order chi connectivity index (χ1) is 27.3. The Morgan fingerprint density at radius 3 is 1.66 bits per heavy atom. The van der Waals surface area contributed by atoms with Gasteiger partial charge >= 0.3 is 16.8 Å². The molecule has 0 bridgehead atoms. The van der Waals surface area contributed by atoms with Crippen LogP contribution in [-0.2, 0) is 16.8 Å². The van der Waals surface area contributed by atoms with Gasteiger partial charge in [0.15, 0.2) is 5.69 Å². The first-order valence-electron chi connectivity index (χ1n) is 17.5. The third-order valence-corrected chi connectivity index (χ3v) is 8.52. The van der Waals surface area contributed by atoms with Gasteiger partial charge in [-0.2, -0.15) is 15.3 Å². The number of azo groups is 2. The normalized spacial score (nSPS) is 12.6. The van der Waals surface area contributed by atoms with Gasteiger partial charge in [-0.15, -0.1) is 10.2 Å². The molecule has 4 aromatic carbocycles. The van der Waals surface area contributed by atoms with Crippen molar-refractivity contribution in [2.45, 2.75) is 52.0 Å². The van der Waals surface area contributed by atoms with Gasteiger partial charge < -0.3 is 21.1 Å². The Morgan fingerprint density at radius 2 is 1.19 bits per heavy atom. The maximum atomic E-state index is 12.5. The number of H-pyrrole nitrogens is 1. The molecule has 1 fully saturated rings. The Balaban J connectivity index is 0.000000216. The monoisotopic (exact) mass is 833 g/mol. The summed E-state index contributed by atoms with van der Waals surface area (Å²) in [7, 11) is 0. The SMILES string of the molecule is Cc1[nH]n(-c2ccccc2)c(=O)c1N=Nc1cc([N+](=O)[O-])ccc1[O-].Cc1nn(-c2ccccc2)c([O-])c1N=Nc1cc([N+](=O)[O-])ccc1[O-].NC1CCCCC1.[Co+3]. The number of nitrogens with one attached hydrogen (secondary N) is 1. The molecule has 1 aliphatic rings. The third kappa shape index (κ3) is 11.1. The summed E-state index contributed by atoms with van der Waals surface area (Å²) in [6, 6.07) is 24.4. The molecule has 0 atom stereocenters. The van der Waals surface area contributed by atoms with E-state index in [0.29, 0.717) is 28.8 Å². The Labute approximate surface area is 340 Å². The molecular weight excluding hydrogens is 797 g/mol. The molecule has 1 aliphatic carbocycles. The average Bonchev–Trinajstić information content (AvgIpc) is 3.66. The van der Waals surface area contributed by atoms with Crippen molar-refractivity contribution < 1.29 is 41.9 Å². The number of hydrogen-bond acceptors (Lipinski definition) is 14. The zero-order valence-electron chi connectivity index (χ0n) is 31.1. The molecule has 19 nitrogen and oxygen atoms in total. The Kier molecular flexibility index (Phi) is 15.2. The van der Waals surface area contributed by atoms with Crippen LogP contribution in [0.15, 0.2) is 122 Å². The minimum Gasteiger partial charge on any atom is -0.871 e. The quantitative estimate of drug-likeness (QED) is 0.0918. The van der Waals surface area contributed by atoms with E-state index in [1.807, 2.05) is 12.1 Å². The number of aromatic nitrogens is 4. The Bertz CT molecular complexity index is 2460. The van der Waals surface area contributed by atoms with E-state index in [4.69, 9.17) is 5.73 Å². The van der Waals surface area contributed by atoms with E-state index in [1.54, 1.807) is 62.4 Å². The van der Waals surface area contributed by atoms with Gasteiger partial charge in [0.1, 0.15) is 5.69 Å². The Hall–Kier alpha value is -7.03. The van der Waals surface area contributed by atoms with Crippen molar-refractivity contribution >= 4 is 34.1 Å². The molecular formula is C38H36CoN11O8. The van der Waals surface area contributed by atoms with Crippen molar-refractivity contribution in [3.8, 4) is 28.8 Å². The topological polar surface area (TPSA) is 287 Å². The number of para-hydroxylation sites is 2. The summed E-state index contributed by atoms with van der Waals surface area (Å²) in [5.74, 6) is -1.55. The number of non-ortho nitro benzene ring substituents is 2. The van der Waals surface area contributed by atoms with Gasteiger partial charge in [0.25, 0.3) is 16.9 Å². The van der Waals surface area contributed by atoms with Crippen LogP contribution < -0.4 is 26.6 Å². The third-order valence-electron chi connectivity index (χ3n) is 8.52. The molecule has 300 valence electrons.